The number of nitrogens with zero attached hydrogens (tertiary/aromatic N) is 3. The van der Waals surface area contributed by atoms with Gasteiger partial charge in [0.05, 0.1) is 13.3 Å². The highest BCUT2D eigenvalue weighted by atomic mass is 19.1. The standard InChI is InChI=1S/C9H8FN3O2/c1-5-11-8-3-6(9(14)15-2)7(10)4-13(8)12-5/h3-4H,1-2H3. The Kier molecular flexibility index (Phi) is 2.11. The number of methoxy groups -OCH3 is 1. The van der Waals surface area contributed by atoms with Gasteiger partial charge in [0.25, 0.3) is 0 Å². The number of hydrogen-bond donors (Lipinski definition) is 0. The van der Waals surface area contributed by atoms with E-state index in [1.165, 1.54) is 17.7 Å². The fourth-order valence-corrected chi connectivity index (χ4v) is 1.28. The van der Waals surface area contributed by atoms with E-state index in [9.17, 15) is 9.18 Å². The molecule has 2 heterocycles. The summed E-state index contributed by atoms with van der Waals surface area (Å²) in [6.07, 6.45) is 1.10. The highest BCUT2D eigenvalue weighted by molar-refractivity contribution is 5.90. The van der Waals surface area contributed by atoms with E-state index >= 15 is 0 Å². The summed E-state index contributed by atoms with van der Waals surface area (Å²) < 4.78 is 19.1. The zero-order valence-corrected chi connectivity index (χ0v) is 8.19. The quantitative estimate of drug-likeness (QED) is 0.656. The van der Waals surface area contributed by atoms with Gasteiger partial charge in [-0.05, 0) is 6.92 Å². The lowest BCUT2D eigenvalue weighted by Crippen LogP contribution is -2.06. The van der Waals surface area contributed by atoms with Gasteiger partial charge in [-0.25, -0.2) is 18.7 Å². The monoisotopic (exact) mass is 209 g/mol. The fraction of sp³-hybridized carbons (Fsp3) is 0.222. The van der Waals surface area contributed by atoms with Crippen molar-refractivity contribution < 1.29 is 13.9 Å². The van der Waals surface area contributed by atoms with Gasteiger partial charge in [-0.2, -0.15) is 5.10 Å². The second-order valence-corrected chi connectivity index (χ2v) is 2.99. The molecule has 0 N–H and O–H groups in total. The van der Waals surface area contributed by atoms with Crippen LogP contribution in [-0.2, 0) is 4.74 Å². The minimum absolute atomic E-state index is 0.141. The predicted molar refractivity (Wildman–Crippen MR) is 49.0 cm³/mol. The molecule has 0 saturated carbocycles. The molecule has 15 heavy (non-hydrogen) atoms. The van der Waals surface area contributed by atoms with E-state index < -0.39 is 11.8 Å². The Labute approximate surface area is 84.5 Å². The molecule has 0 aliphatic heterocycles. The summed E-state index contributed by atoms with van der Waals surface area (Å²) >= 11 is 0. The maximum absolute atomic E-state index is 13.4. The zero-order chi connectivity index (χ0) is 11.0. The van der Waals surface area contributed by atoms with Gasteiger partial charge in [0.15, 0.2) is 11.5 Å². The number of rotatable bonds is 1. The van der Waals surface area contributed by atoms with Crippen LogP contribution < -0.4 is 0 Å². The van der Waals surface area contributed by atoms with Crippen molar-refractivity contribution in [2.24, 2.45) is 0 Å². The highest BCUT2D eigenvalue weighted by Crippen LogP contribution is 2.11. The van der Waals surface area contributed by atoms with Crippen LogP contribution in [0.15, 0.2) is 12.3 Å². The van der Waals surface area contributed by atoms with Gasteiger partial charge in [-0.3, -0.25) is 0 Å². The maximum atomic E-state index is 13.4. The molecule has 0 aliphatic carbocycles. The van der Waals surface area contributed by atoms with Crippen LogP contribution in [0, 0.1) is 12.7 Å². The second-order valence-electron chi connectivity index (χ2n) is 2.99. The van der Waals surface area contributed by atoms with Crippen molar-refractivity contribution in [3.8, 4) is 0 Å². The molecule has 0 saturated heterocycles. The Morgan fingerprint density at radius 2 is 2.33 bits per heavy atom. The zero-order valence-electron chi connectivity index (χ0n) is 8.19. The van der Waals surface area contributed by atoms with Gasteiger partial charge in [0.2, 0.25) is 0 Å². The molecular weight excluding hydrogens is 201 g/mol. The number of pyridine rings is 1. The first-order chi connectivity index (χ1) is 7.11. The SMILES string of the molecule is COC(=O)c1cc2nc(C)nn2cc1F. The summed E-state index contributed by atoms with van der Waals surface area (Å²) in [5, 5.41) is 3.91. The summed E-state index contributed by atoms with van der Waals surface area (Å²) in [5.74, 6) is -0.897. The Hall–Kier alpha value is -1.98. The summed E-state index contributed by atoms with van der Waals surface area (Å²) in [6.45, 7) is 1.68. The van der Waals surface area contributed by atoms with Gasteiger partial charge in [0, 0.05) is 6.07 Å². The first kappa shape index (κ1) is 9.57. The van der Waals surface area contributed by atoms with E-state index in [0.29, 0.717) is 11.5 Å². The molecule has 0 amide bonds. The van der Waals surface area contributed by atoms with Crippen molar-refractivity contribution in [3.05, 3.63) is 29.5 Å². The Balaban J connectivity index is 2.66. The molecule has 2 aromatic rings. The molecule has 0 radical (unpaired) electrons. The van der Waals surface area contributed by atoms with Gasteiger partial charge < -0.3 is 4.74 Å². The van der Waals surface area contributed by atoms with Crippen LogP contribution in [0.4, 0.5) is 4.39 Å². The fourth-order valence-electron chi connectivity index (χ4n) is 1.28. The summed E-state index contributed by atoms with van der Waals surface area (Å²) in [6, 6.07) is 1.31. The third kappa shape index (κ3) is 1.54. The molecule has 2 aromatic heterocycles. The number of halogens is 1. The van der Waals surface area contributed by atoms with E-state index in [2.05, 4.69) is 14.8 Å². The van der Waals surface area contributed by atoms with E-state index in [0.717, 1.165) is 6.20 Å². The van der Waals surface area contributed by atoms with Crippen molar-refractivity contribution in [1.82, 2.24) is 14.6 Å². The molecule has 0 atom stereocenters. The molecule has 0 spiro atoms. The molecule has 0 fully saturated rings. The third-order valence-corrected chi connectivity index (χ3v) is 1.94. The van der Waals surface area contributed by atoms with Crippen LogP contribution in [0.5, 0.6) is 0 Å². The van der Waals surface area contributed by atoms with Gasteiger partial charge >= 0.3 is 5.97 Å². The maximum Gasteiger partial charge on any atom is 0.341 e. The molecule has 5 nitrogen and oxygen atoms in total. The van der Waals surface area contributed by atoms with E-state index in [1.807, 2.05) is 0 Å². The molecular formula is C9H8FN3O2. The molecule has 6 heteroatoms. The number of fused-ring (bicyclic) bond motifs is 1. The number of carbonyl (C=O) groups excluding carboxylic acids is 1. The van der Waals surface area contributed by atoms with E-state index in [4.69, 9.17) is 0 Å². The average Bonchev–Trinajstić information content (AvgIpc) is 2.55. The van der Waals surface area contributed by atoms with Crippen LogP contribution >= 0.6 is 0 Å². The minimum Gasteiger partial charge on any atom is -0.465 e. The van der Waals surface area contributed by atoms with Crippen LogP contribution in [0.2, 0.25) is 0 Å². The molecule has 0 unspecified atom stereocenters. The Bertz CT molecular complexity index is 535. The van der Waals surface area contributed by atoms with Crippen LogP contribution in [0.25, 0.3) is 5.65 Å². The normalized spacial score (nSPS) is 10.6. The van der Waals surface area contributed by atoms with Crippen LogP contribution in [-0.4, -0.2) is 27.7 Å². The van der Waals surface area contributed by atoms with Gasteiger partial charge in [-0.15, -0.1) is 0 Å². The lowest BCUT2D eigenvalue weighted by atomic mass is 10.2. The van der Waals surface area contributed by atoms with Crippen LogP contribution in [0.3, 0.4) is 0 Å². The lowest BCUT2D eigenvalue weighted by Gasteiger charge is -2.00. The summed E-state index contributed by atoms with van der Waals surface area (Å²) in [5.41, 5.74) is 0.270. The molecule has 0 aliphatic rings. The Morgan fingerprint density at radius 3 is 3.00 bits per heavy atom. The predicted octanol–water partition coefficient (Wildman–Crippen LogP) is 0.963. The highest BCUT2D eigenvalue weighted by Gasteiger charge is 2.14. The number of aromatic nitrogens is 3. The van der Waals surface area contributed by atoms with E-state index in [-0.39, 0.29) is 5.56 Å². The first-order valence-corrected chi connectivity index (χ1v) is 4.22. The first-order valence-electron chi connectivity index (χ1n) is 4.22. The second kappa shape index (κ2) is 3.30. The Morgan fingerprint density at radius 1 is 1.60 bits per heavy atom. The average molecular weight is 209 g/mol. The summed E-state index contributed by atoms with van der Waals surface area (Å²) in [4.78, 5) is 15.2. The third-order valence-electron chi connectivity index (χ3n) is 1.94. The van der Waals surface area contributed by atoms with Crippen molar-refractivity contribution in [2.45, 2.75) is 6.92 Å². The number of carbonyl (C=O) groups is 1. The molecule has 0 aromatic carbocycles. The van der Waals surface area contributed by atoms with Gasteiger partial charge in [0.1, 0.15) is 11.4 Å². The largest absolute Gasteiger partial charge is 0.465 e. The molecule has 2 rings (SSSR count). The lowest BCUT2D eigenvalue weighted by molar-refractivity contribution is 0.0595. The molecule has 0 bridgehead atoms. The molecule has 78 valence electrons. The number of ether oxygens (including phenoxy) is 1. The number of esters is 1. The number of hydrogen-bond acceptors (Lipinski definition) is 4. The van der Waals surface area contributed by atoms with Crippen LogP contribution in [0.1, 0.15) is 16.2 Å². The van der Waals surface area contributed by atoms with E-state index in [1.54, 1.807) is 6.92 Å². The van der Waals surface area contributed by atoms with Crippen molar-refractivity contribution in [1.29, 1.82) is 0 Å². The topological polar surface area (TPSA) is 56.5 Å². The summed E-state index contributed by atoms with van der Waals surface area (Å²) in [7, 11) is 1.20. The number of aryl methyl sites for hydroxylation is 1. The van der Waals surface area contributed by atoms with Gasteiger partial charge in [-0.1, -0.05) is 0 Å². The minimum atomic E-state index is -0.726. The van der Waals surface area contributed by atoms with Crippen molar-refractivity contribution in [3.63, 3.8) is 0 Å². The smallest absolute Gasteiger partial charge is 0.341 e. The van der Waals surface area contributed by atoms with Crippen molar-refractivity contribution >= 4 is 11.6 Å². The van der Waals surface area contributed by atoms with Crippen molar-refractivity contribution in [2.75, 3.05) is 7.11 Å².